The minimum atomic E-state index is -0.163. The van der Waals surface area contributed by atoms with Gasteiger partial charge >= 0.3 is 0 Å². The number of ether oxygens (including phenoxy) is 1. The Morgan fingerprint density at radius 2 is 1.90 bits per heavy atom. The SMILES string of the molecule is COc1ccccc1-c1nc(C(=O)NCCCc2nc(-c3ccncc3)cs2)cs1. The van der Waals surface area contributed by atoms with Gasteiger partial charge in [-0.25, -0.2) is 9.97 Å². The van der Waals surface area contributed by atoms with Crippen molar-refractivity contribution in [3.63, 3.8) is 0 Å². The number of carbonyl (C=O) groups excluding carboxylic acids is 1. The lowest BCUT2D eigenvalue weighted by molar-refractivity contribution is 0.0949. The highest BCUT2D eigenvalue weighted by Crippen LogP contribution is 2.31. The number of methoxy groups -OCH3 is 1. The fourth-order valence-electron chi connectivity index (χ4n) is 2.94. The highest BCUT2D eigenvalue weighted by atomic mass is 32.1. The number of rotatable bonds is 8. The van der Waals surface area contributed by atoms with Crippen molar-refractivity contribution in [3.8, 4) is 27.6 Å². The lowest BCUT2D eigenvalue weighted by Crippen LogP contribution is -2.25. The van der Waals surface area contributed by atoms with Crippen LogP contribution < -0.4 is 10.1 Å². The molecule has 0 aliphatic rings. The molecule has 1 aromatic carbocycles. The topological polar surface area (TPSA) is 77.0 Å². The number of aromatic nitrogens is 3. The van der Waals surface area contributed by atoms with Crippen LogP contribution in [0.15, 0.2) is 59.6 Å². The van der Waals surface area contributed by atoms with E-state index in [-0.39, 0.29) is 5.91 Å². The van der Waals surface area contributed by atoms with E-state index in [2.05, 4.69) is 25.6 Å². The van der Waals surface area contributed by atoms with Crippen LogP contribution in [0.25, 0.3) is 21.8 Å². The summed E-state index contributed by atoms with van der Waals surface area (Å²) in [5, 5.41) is 8.60. The van der Waals surface area contributed by atoms with E-state index in [1.807, 2.05) is 36.4 Å². The van der Waals surface area contributed by atoms with E-state index >= 15 is 0 Å². The summed E-state index contributed by atoms with van der Waals surface area (Å²) in [5.41, 5.74) is 3.34. The van der Waals surface area contributed by atoms with Crippen molar-refractivity contribution in [2.45, 2.75) is 12.8 Å². The molecule has 8 heteroatoms. The maximum atomic E-state index is 12.4. The number of pyridine rings is 1. The molecule has 0 saturated heterocycles. The first-order valence-corrected chi connectivity index (χ1v) is 11.2. The molecular weight excluding hydrogens is 416 g/mol. The molecule has 30 heavy (non-hydrogen) atoms. The molecule has 3 heterocycles. The van der Waals surface area contributed by atoms with Crippen LogP contribution in [-0.4, -0.2) is 34.5 Å². The molecule has 0 unspecified atom stereocenters. The van der Waals surface area contributed by atoms with E-state index in [1.54, 1.807) is 36.2 Å². The second-order valence-corrected chi connectivity index (χ2v) is 8.26. The molecule has 1 amide bonds. The van der Waals surface area contributed by atoms with Crippen molar-refractivity contribution >= 4 is 28.6 Å². The van der Waals surface area contributed by atoms with E-state index in [4.69, 9.17) is 4.74 Å². The number of amides is 1. The molecule has 0 spiro atoms. The van der Waals surface area contributed by atoms with Crippen LogP contribution in [0, 0.1) is 0 Å². The molecule has 0 aliphatic heterocycles. The van der Waals surface area contributed by atoms with Crippen LogP contribution in [0.3, 0.4) is 0 Å². The van der Waals surface area contributed by atoms with Crippen molar-refractivity contribution in [2.75, 3.05) is 13.7 Å². The van der Waals surface area contributed by atoms with Gasteiger partial charge in [-0.05, 0) is 30.7 Å². The minimum Gasteiger partial charge on any atom is -0.496 e. The maximum absolute atomic E-state index is 12.4. The second-order valence-electron chi connectivity index (χ2n) is 6.46. The Morgan fingerprint density at radius 3 is 2.73 bits per heavy atom. The number of nitrogens with one attached hydrogen (secondary N) is 1. The number of aryl methyl sites for hydroxylation is 1. The summed E-state index contributed by atoms with van der Waals surface area (Å²) >= 11 is 3.07. The molecule has 3 aromatic heterocycles. The first-order chi connectivity index (χ1) is 14.7. The van der Waals surface area contributed by atoms with Gasteiger partial charge in [0.25, 0.3) is 5.91 Å². The number of carbonyl (C=O) groups is 1. The van der Waals surface area contributed by atoms with E-state index in [0.717, 1.165) is 45.4 Å². The quantitative estimate of drug-likeness (QED) is 0.405. The molecule has 0 saturated carbocycles. The second kappa shape index (κ2) is 9.60. The smallest absolute Gasteiger partial charge is 0.270 e. The largest absolute Gasteiger partial charge is 0.496 e. The molecule has 4 aromatic rings. The molecule has 0 fully saturated rings. The Balaban J connectivity index is 1.29. The minimum absolute atomic E-state index is 0.163. The average molecular weight is 437 g/mol. The molecule has 6 nitrogen and oxygen atoms in total. The van der Waals surface area contributed by atoms with E-state index < -0.39 is 0 Å². The molecule has 0 aliphatic carbocycles. The average Bonchev–Trinajstić information content (AvgIpc) is 3.47. The highest BCUT2D eigenvalue weighted by Gasteiger charge is 2.14. The first kappa shape index (κ1) is 20.2. The Hall–Kier alpha value is -3.10. The van der Waals surface area contributed by atoms with E-state index in [1.165, 1.54) is 11.3 Å². The van der Waals surface area contributed by atoms with Crippen LogP contribution in [-0.2, 0) is 6.42 Å². The maximum Gasteiger partial charge on any atom is 0.270 e. The van der Waals surface area contributed by atoms with Gasteiger partial charge in [-0.15, -0.1) is 22.7 Å². The standard InChI is InChI=1S/C22H20N4O2S2/c1-28-19-6-3-2-5-16(19)22-26-18(14-30-22)21(27)24-10-4-7-20-25-17(13-29-20)15-8-11-23-12-9-15/h2-3,5-6,8-9,11-14H,4,7,10H2,1H3,(H,24,27). The molecule has 0 radical (unpaired) electrons. The molecule has 4 rings (SSSR count). The normalized spacial score (nSPS) is 10.7. The van der Waals surface area contributed by atoms with Gasteiger partial charge in [-0.2, -0.15) is 0 Å². The number of hydrogen-bond acceptors (Lipinski definition) is 7. The van der Waals surface area contributed by atoms with Gasteiger partial charge in [0.2, 0.25) is 0 Å². The molecule has 152 valence electrons. The summed E-state index contributed by atoms with van der Waals surface area (Å²) in [6.45, 7) is 0.574. The van der Waals surface area contributed by atoms with E-state index in [0.29, 0.717) is 12.2 Å². The van der Waals surface area contributed by atoms with Crippen LogP contribution in [0.5, 0.6) is 5.75 Å². The van der Waals surface area contributed by atoms with Gasteiger partial charge in [-0.1, -0.05) is 12.1 Å². The van der Waals surface area contributed by atoms with Crippen LogP contribution in [0.4, 0.5) is 0 Å². The van der Waals surface area contributed by atoms with Gasteiger partial charge in [-0.3, -0.25) is 9.78 Å². The first-order valence-electron chi connectivity index (χ1n) is 9.46. The third kappa shape index (κ3) is 4.72. The third-order valence-electron chi connectivity index (χ3n) is 4.46. The summed E-state index contributed by atoms with van der Waals surface area (Å²) in [4.78, 5) is 25.6. The van der Waals surface area contributed by atoms with Gasteiger partial charge in [0.15, 0.2) is 0 Å². The Bertz CT molecular complexity index is 1120. The van der Waals surface area contributed by atoms with Gasteiger partial charge in [0.05, 0.1) is 23.4 Å². The molecule has 0 atom stereocenters. The summed E-state index contributed by atoms with van der Waals surface area (Å²) in [7, 11) is 1.63. The monoisotopic (exact) mass is 436 g/mol. The Morgan fingerprint density at radius 1 is 1.07 bits per heavy atom. The number of benzene rings is 1. The lowest BCUT2D eigenvalue weighted by atomic mass is 10.2. The predicted molar refractivity (Wildman–Crippen MR) is 120 cm³/mol. The van der Waals surface area contributed by atoms with Crippen molar-refractivity contribution in [1.82, 2.24) is 20.3 Å². The number of para-hydroxylation sites is 1. The van der Waals surface area contributed by atoms with Gasteiger partial charge in [0.1, 0.15) is 16.5 Å². The number of hydrogen-bond donors (Lipinski definition) is 1. The molecular formula is C22H20N4O2S2. The van der Waals surface area contributed by atoms with Crippen molar-refractivity contribution < 1.29 is 9.53 Å². The van der Waals surface area contributed by atoms with Gasteiger partial charge in [0, 0.05) is 41.7 Å². The lowest BCUT2D eigenvalue weighted by Gasteiger charge is -2.04. The Kier molecular flexibility index (Phi) is 6.46. The fourth-order valence-corrected chi connectivity index (χ4v) is 4.62. The Labute approximate surface area is 182 Å². The zero-order valence-electron chi connectivity index (χ0n) is 16.4. The van der Waals surface area contributed by atoms with Crippen LogP contribution in [0.1, 0.15) is 21.9 Å². The summed E-state index contributed by atoms with van der Waals surface area (Å²) in [5.74, 6) is 0.581. The van der Waals surface area contributed by atoms with Crippen molar-refractivity contribution in [3.05, 3.63) is 70.3 Å². The van der Waals surface area contributed by atoms with Crippen LogP contribution >= 0.6 is 22.7 Å². The number of nitrogens with zero attached hydrogens (tertiary/aromatic N) is 3. The zero-order chi connectivity index (χ0) is 20.8. The van der Waals surface area contributed by atoms with Crippen molar-refractivity contribution in [2.24, 2.45) is 0 Å². The summed E-state index contributed by atoms with van der Waals surface area (Å²) in [6, 6.07) is 11.6. The fraction of sp³-hybridized carbons (Fsp3) is 0.182. The molecule has 1 N–H and O–H groups in total. The highest BCUT2D eigenvalue weighted by molar-refractivity contribution is 7.13. The molecule has 0 bridgehead atoms. The van der Waals surface area contributed by atoms with Crippen LogP contribution in [0.2, 0.25) is 0 Å². The van der Waals surface area contributed by atoms with Crippen molar-refractivity contribution in [1.29, 1.82) is 0 Å². The summed E-state index contributed by atoms with van der Waals surface area (Å²) in [6.07, 6.45) is 5.17. The zero-order valence-corrected chi connectivity index (χ0v) is 18.0. The third-order valence-corrected chi connectivity index (χ3v) is 6.24. The summed E-state index contributed by atoms with van der Waals surface area (Å²) < 4.78 is 5.38. The van der Waals surface area contributed by atoms with E-state index in [9.17, 15) is 4.79 Å². The predicted octanol–water partition coefficient (Wildman–Crippen LogP) is 4.70. The van der Waals surface area contributed by atoms with Gasteiger partial charge < -0.3 is 10.1 Å². The number of thiazole rings is 2.